The summed E-state index contributed by atoms with van der Waals surface area (Å²) < 4.78 is 11.2. The molecule has 144 valence electrons. The van der Waals surface area contributed by atoms with Gasteiger partial charge in [-0.15, -0.1) is 0 Å². The molecule has 2 aromatic heterocycles. The highest BCUT2D eigenvalue weighted by Gasteiger charge is 2.29. The van der Waals surface area contributed by atoms with Crippen LogP contribution in [0.15, 0.2) is 40.5 Å². The molecular formula is C20H25N3O3S. The molecule has 2 aliphatic rings. The molecule has 2 aliphatic heterocycles. The van der Waals surface area contributed by atoms with Crippen LogP contribution >= 0.6 is 11.3 Å². The second-order valence-corrected chi connectivity index (χ2v) is 7.91. The number of carbonyl (C=O) groups is 1. The van der Waals surface area contributed by atoms with Gasteiger partial charge in [0, 0.05) is 49.9 Å². The van der Waals surface area contributed by atoms with Gasteiger partial charge in [-0.1, -0.05) is 11.3 Å². The maximum absolute atomic E-state index is 12.3. The van der Waals surface area contributed by atoms with E-state index in [9.17, 15) is 4.79 Å². The van der Waals surface area contributed by atoms with Crippen LogP contribution in [0.1, 0.15) is 31.4 Å². The van der Waals surface area contributed by atoms with Crippen molar-refractivity contribution < 1.29 is 13.9 Å². The van der Waals surface area contributed by atoms with Crippen LogP contribution in [0.2, 0.25) is 0 Å². The molecule has 4 rings (SSSR count). The van der Waals surface area contributed by atoms with Gasteiger partial charge in [0.05, 0.1) is 6.26 Å². The Kier molecular flexibility index (Phi) is 5.89. The van der Waals surface area contributed by atoms with Gasteiger partial charge < -0.3 is 14.1 Å². The molecule has 6 nitrogen and oxygen atoms in total. The van der Waals surface area contributed by atoms with E-state index >= 15 is 0 Å². The number of thiazole rings is 1. The van der Waals surface area contributed by atoms with Crippen molar-refractivity contribution in [3.05, 3.63) is 41.8 Å². The van der Waals surface area contributed by atoms with E-state index in [-0.39, 0.29) is 12.0 Å². The maximum atomic E-state index is 12.3. The van der Waals surface area contributed by atoms with E-state index in [4.69, 9.17) is 9.15 Å². The van der Waals surface area contributed by atoms with Crippen LogP contribution in [-0.4, -0.2) is 59.0 Å². The lowest BCUT2D eigenvalue weighted by atomic mass is 9.99. The molecule has 4 heterocycles. The third kappa shape index (κ3) is 4.78. The molecule has 0 aliphatic carbocycles. The number of ether oxygens (including phenoxy) is 1. The van der Waals surface area contributed by atoms with Crippen molar-refractivity contribution in [2.75, 3.05) is 26.2 Å². The zero-order valence-corrected chi connectivity index (χ0v) is 16.1. The Hall–Kier alpha value is -2.12. The Morgan fingerprint density at radius 2 is 2.04 bits per heavy atom. The standard InChI is InChI=1S/C20H25N3O3S/c24-19(4-3-17-2-1-14-25-17)23-10-5-16(6-11-23)22-12-7-18(8-13-22)26-20-21-9-15-27-20/h1-4,9,14-16,18H,5-8,10-13H2/b4-3+. The summed E-state index contributed by atoms with van der Waals surface area (Å²) in [4.78, 5) is 21.1. The molecule has 0 bridgehead atoms. The summed E-state index contributed by atoms with van der Waals surface area (Å²) in [6.45, 7) is 3.77. The quantitative estimate of drug-likeness (QED) is 0.737. The fourth-order valence-corrected chi connectivity index (χ4v) is 4.42. The Bertz CT molecular complexity index is 729. The molecular weight excluding hydrogens is 362 g/mol. The number of aromatic nitrogens is 1. The summed E-state index contributed by atoms with van der Waals surface area (Å²) in [6, 6.07) is 4.24. The van der Waals surface area contributed by atoms with Crippen LogP contribution in [0.3, 0.4) is 0 Å². The van der Waals surface area contributed by atoms with E-state index in [1.54, 1.807) is 35.9 Å². The monoisotopic (exact) mass is 387 g/mol. The summed E-state index contributed by atoms with van der Waals surface area (Å²) >= 11 is 1.56. The molecule has 1 amide bonds. The Balaban J connectivity index is 1.20. The van der Waals surface area contributed by atoms with Gasteiger partial charge in [0.15, 0.2) is 0 Å². The Morgan fingerprint density at radius 1 is 1.22 bits per heavy atom. The first-order valence-electron chi connectivity index (χ1n) is 9.58. The minimum absolute atomic E-state index is 0.0698. The molecule has 0 spiro atoms. The van der Waals surface area contributed by atoms with Gasteiger partial charge >= 0.3 is 0 Å². The van der Waals surface area contributed by atoms with Crippen molar-refractivity contribution in [2.24, 2.45) is 0 Å². The molecule has 0 unspecified atom stereocenters. The summed E-state index contributed by atoms with van der Waals surface area (Å²) in [5.41, 5.74) is 0. The maximum Gasteiger partial charge on any atom is 0.273 e. The van der Waals surface area contributed by atoms with Crippen molar-refractivity contribution >= 4 is 23.3 Å². The van der Waals surface area contributed by atoms with E-state index in [2.05, 4.69) is 9.88 Å². The van der Waals surface area contributed by atoms with E-state index in [1.807, 2.05) is 22.4 Å². The molecule has 2 aromatic rings. The zero-order chi connectivity index (χ0) is 18.5. The molecule has 0 saturated carbocycles. The SMILES string of the molecule is O=C(/C=C/c1ccco1)N1CCC(N2CCC(Oc3nccs3)CC2)CC1. The third-order valence-electron chi connectivity index (χ3n) is 5.38. The van der Waals surface area contributed by atoms with E-state index in [0.29, 0.717) is 11.8 Å². The van der Waals surface area contributed by atoms with Gasteiger partial charge in [0.2, 0.25) is 5.91 Å². The lowest BCUT2D eigenvalue weighted by molar-refractivity contribution is -0.127. The summed E-state index contributed by atoms with van der Waals surface area (Å²) in [5.74, 6) is 0.779. The summed E-state index contributed by atoms with van der Waals surface area (Å²) in [5, 5.41) is 2.73. The van der Waals surface area contributed by atoms with Crippen LogP contribution < -0.4 is 4.74 Å². The number of piperidine rings is 2. The summed E-state index contributed by atoms with van der Waals surface area (Å²) in [6.07, 6.45) is 11.2. The first-order valence-corrected chi connectivity index (χ1v) is 10.5. The molecule has 0 N–H and O–H groups in total. The van der Waals surface area contributed by atoms with E-state index in [1.165, 1.54) is 0 Å². The zero-order valence-electron chi connectivity index (χ0n) is 15.3. The van der Waals surface area contributed by atoms with Crippen LogP contribution in [0.5, 0.6) is 5.19 Å². The number of rotatable bonds is 5. The van der Waals surface area contributed by atoms with Crippen molar-refractivity contribution in [3.8, 4) is 5.19 Å². The number of nitrogens with zero attached hydrogens (tertiary/aromatic N) is 3. The predicted octanol–water partition coefficient (Wildman–Crippen LogP) is 3.28. The summed E-state index contributed by atoms with van der Waals surface area (Å²) in [7, 11) is 0. The second-order valence-electron chi connectivity index (χ2n) is 7.06. The molecule has 27 heavy (non-hydrogen) atoms. The van der Waals surface area contributed by atoms with Crippen molar-refractivity contribution in [2.45, 2.75) is 37.8 Å². The first kappa shape index (κ1) is 18.3. The average Bonchev–Trinajstić information content (AvgIpc) is 3.41. The van der Waals surface area contributed by atoms with Crippen LogP contribution in [-0.2, 0) is 4.79 Å². The highest BCUT2D eigenvalue weighted by Crippen LogP contribution is 2.25. The van der Waals surface area contributed by atoms with E-state index < -0.39 is 0 Å². The van der Waals surface area contributed by atoms with Crippen LogP contribution in [0.25, 0.3) is 6.08 Å². The molecule has 2 fully saturated rings. The number of hydrogen-bond acceptors (Lipinski definition) is 6. The van der Waals surface area contributed by atoms with Gasteiger partial charge in [-0.25, -0.2) is 4.98 Å². The number of likely N-dealkylation sites (tertiary alicyclic amines) is 2. The highest BCUT2D eigenvalue weighted by molar-refractivity contribution is 7.11. The molecule has 0 atom stereocenters. The fraction of sp³-hybridized carbons (Fsp3) is 0.500. The smallest absolute Gasteiger partial charge is 0.273 e. The van der Waals surface area contributed by atoms with E-state index in [0.717, 1.165) is 57.1 Å². The number of hydrogen-bond donors (Lipinski definition) is 0. The number of carbonyl (C=O) groups excluding carboxylic acids is 1. The van der Waals surface area contributed by atoms with Crippen molar-refractivity contribution in [3.63, 3.8) is 0 Å². The van der Waals surface area contributed by atoms with Crippen LogP contribution in [0.4, 0.5) is 0 Å². The molecule has 0 aromatic carbocycles. The topological polar surface area (TPSA) is 58.8 Å². The minimum atomic E-state index is 0.0698. The van der Waals surface area contributed by atoms with Crippen molar-refractivity contribution in [1.29, 1.82) is 0 Å². The largest absolute Gasteiger partial charge is 0.467 e. The minimum Gasteiger partial charge on any atom is -0.467 e. The Morgan fingerprint density at radius 3 is 2.70 bits per heavy atom. The second kappa shape index (κ2) is 8.71. The normalized spacial score (nSPS) is 20.4. The number of amides is 1. The van der Waals surface area contributed by atoms with Gasteiger partial charge in [-0.05, 0) is 43.9 Å². The van der Waals surface area contributed by atoms with Crippen molar-refractivity contribution in [1.82, 2.24) is 14.8 Å². The van der Waals surface area contributed by atoms with Gasteiger partial charge in [0.1, 0.15) is 11.9 Å². The Labute approximate surface area is 163 Å². The van der Waals surface area contributed by atoms with Gasteiger partial charge in [-0.3, -0.25) is 9.69 Å². The third-order valence-corrected chi connectivity index (χ3v) is 6.04. The number of furan rings is 1. The molecule has 2 saturated heterocycles. The molecule has 7 heteroatoms. The van der Waals surface area contributed by atoms with Gasteiger partial charge in [-0.2, -0.15) is 0 Å². The first-order chi connectivity index (χ1) is 13.3. The lowest BCUT2D eigenvalue weighted by Crippen LogP contribution is -2.49. The average molecular weight is 388 g/mol. The van der Waals surface area contributed by atoms with Gasteiger partial charge in [0.25, 0.3) is 5.19 Å². The highest BCUT2D eigenvalue weighted by atomic mass is 32.1. The predicted molar refractivity (Wildman–Crippen MR) is 105 cm³/mol. The fourth-order valence-electron chi connectivity index (χ4n) is 3.87. The molecule has 0 radical (unpaired) electrons. The lowest BCUT2D eigenvalue weighted by Gasteiger charge is -2.41. The van der Waals surface area contributed by atoms with Crippen LogP contribution in [0, 0.1) is 0 Å².